The molecule has 1 fully saturated rings. The number of fused-ring (bicyclic) bond motifs is 1. The van der Waals surface area contributed by atoms with Crippen molar-refractivity contribution in [3.63, 3.8) is 0 Å². The maximum absolute atomic E-state index is 12.4. The third-order valence-corrected chi connectivity index (χ3v) is 3.86. The number of carbonyl (C=O) groups is 2. The molecule has 5 heteroatoms. The van der Waals surface area contributed by atoms with E-state index in [4.69, 9.17) is 10.8 Å². The normalized spacial score (nSPS) is 15.0. The fourth-order valence-corrected chi connectivity index (χ4v) is 2.73. The molecule has 21 heavy (non-hydrogen) atoms. The van der Waals surface area contributed by atoms with Crippen LogP contribution in [0.4, 0.5) is 5.69 Å². The number of benzene rings is 2. The number of rotatable bonds is 3. The van der Waals surface area contributed by atoms with Crippen molar-refractivity contribution < 1.29 is 14.7 Å². The molecule has 0 aliphatic carbocycles. The zero-order valence-electron chi connectivity index (χ0n) is 11.5. The molecular formula is C16H16N2O3. The predicted molar refractivity (Wildman–Crippen MR) is 80.0 cm³/mol. The molecule has 1 heterocycles. The van der Waals surface area contributed by atoms with Crippen molar-refractivity contribution in [2.75, 3.05) is 18.8 Å². The molecule has 3 N–H and O–H groups in total. The largest absolute Gasteiger partial charge is 0.481 e. The first-order valence-electron chi connectivity index (χ1n) is 6.84. The molecule has 1 aliphatic rings. The second kappa shape index (κ2) is 5.09. The SMILES string of the molecule is Nc1cc2ccccc2cc1C(=O)N1CC(CC(=O)O)C1. The molecule has 3 rings (SSSR count). The summed E-state index contributed by atoms with van der Waals surface area (Å²) in [6, 6.07) is 11.3. The van der Waals surface area contributed by atoms with Crippen LogP contribution in [0.3, 0.4) is 0 Å². The maximum Gasteiger partial charge on any atom is 0.303 e. The number of nitrogens with zero attached hydrogens (tertiary/aromatic N) is 1. The Labute approximate surface area is 122 Å². The highest BCUT2D eigenvalue weighted by Gasteiger charge is 2.33. The van der Waals surface area contributed by atoms with Crippen molar-refractivity contribution in [2.45, 2.75) is 6.42 Å². The molecule has 0 radical (unpaired) electrons. The van der Waals surface area contributed by atoms with Crippen LogP contribution < -0.4 is 5.73 Å². The number of amides is 1. The van der Waals surface area contributed by atoms with E-state index in [-0.39, 0.29) is 18.2 Å². The average Bonchev–Trinajstić information content (AvgIpc) is 2.40. The van der Waals surface area contributed by atoms with E-state index >= 15 is 0 Å². The summed E-state index contributed by atoms with van der Waals surface area (Å²) >= 11 is 0. The van der Waals surface area contributed by atoms with Gasteiger partial charge in [-0.2, -0.15) is 0 Å². The van der Waals surface area contributed by atoms with Gasteiger partial charge >= 0.3 is 5.97 Å². The van der Waals surface area contributed by atoms with E-state index in [1.807, 2.05) is 24.3 Å². The fourth-order valence-electron chi connectivity index (χ4n) is 2.73. The summed E-state index contributed by atoms with van der Waals surface area (Å²) in [6.45, 7) is 0.967. The summed E-state index contributed by atoms with van der Waals surface area (Å²) in [5, 5.41) is 10.7. The van der Waals surface area contributed by atoms with Crippen LogP contribution in [-0.2, 0) is 4.79 Å². The number of carbonyl (C=O) groups excluding carboxylic acids is 1. The number of carboxylic acid groups (broad SMARTS) is 1. The average molecular weight is 284 g/mol. The number of hydrogen-bond donors (Lipinski definition) is 2. The molecule has 0 unspecified atom stereocenters. The molecule has 1 aliphatic heterocycles. The lowest BCUT2D eigenvalue weighted by Gasteiger charge is -2.38. The standard InChI is InChI=1S/C16H16N2O3/c17-14-7-12-4-2-1-3-11(12)6-13(14)16(21)18-8-10(9-18)5-15(19)20/h1-4,6-7,10H,5,8-9,17H2,(H,19,20). The lowest BCUT2D eigenvalue weighted by molar-refractivity contribution is -0.139. The zero-order valence-corrected chi connectivity index (χ0v) is 11.5. The molecule has 2 aromatic rings. The Hall–Kier alpha value is -2.56. The van der Waals surface area contributed by atoms with Crippen molar-refractivity contribution in [2.24, 2.45) is 5.92 Å². The number of likely N-dealkylation sites (tertiary alicyclic amines) is 1. The summed E-state index contributed by atoms with van der Waals surface area (Å²) in [6.07, 6.45) is 0.108. The van der Waals surface area contributed by atoms with Gasteiger partial charge in [-0.25, -0.2) is 0 Å². The highest BCUT2D eigenvalue weighted by molar-refractivity contribution is 6.04. The summed E-state index contributed by atoms with van der Waals surface area (Å²) in [4.78, 5) is 24.7. The topological polar surface area (TPSA) is 83.6 Å². The van der Waals surface area contributed by atoms with Crippen LogP contribution >= 0.6 is 0 Å². The smallest absolute Gasteiger partial charge is 0.303 e. The third-order valence-electron chi connectivity index (χ3n) is 3.86. The Balaban J connectivity index is 1.79. The fraction of sp³-hybridized carbons (Fsp3) is 0.250. The first-order valence-corrected chi connectivity index (χ1v) is 6.84. The lowest BCUT2D eigenvalue weighted by atomic mass is 9.94. The van der Waals surface area contributed by atoms with Crippen molar-refractivity contribution in [1.29, 1.82) is 0 Å². The van der Waals surface area contributed by atoms with E-state index in [1.165, 1.54) is 0 Å². The van der Waals surface area contributed by atoms with Crippen LogP contribution in [0, 0.1) is 5.92 Å². The van der Waals surface area contributed by atoms with Crippen molar-refractivity contribution >= 4 is 28.3 Å². The van der Waals surface area contributed by atoms with Gasteiger partial charge in [-0.15, -0.1) is 0 Å². The molecule has 2 aromatic carbocycles. The molecule has 0 spiro atoms. The van der Waals surface area contributed by atoms with E-state index in [0.717, 1.165) is 10.8 Å². The molecular weight excluding hydrogens is 268 g/mol. The molecule has 108 valence electrons. The van der Waals surface area contributed by atoms with Crippen molar-refractivity contribution in [1.82, 2.24) is 4.90 Å². The second-order valence-electron chi connectivity index (χ2n) is 5.46. The number of aliphatic carboxylic acids is 1. The molecule has 0 bridgehead atoms. The van der Waals surface area contributed by atoms with Gasteiger partial charge in [-0.1, -0.05) is 24.3 Å². The van der Waals surface area contributed by atoms with Gasteiger partial charge in [-0.05, 0) is 22.9 Å². The van der Waals surface area contributed by atoms with Crippen LogP contribution in [0.25, 0.3) is 10.8 Å². The van der Waals surface area contributed by atoms with Gasteiger partial charge in [0.05, 0.1) is 12.0 Å². The summed E-state index contributed by atoms with van der Waals surface area (Å²) in [7, 11) is 0. The summed E-state index contributed by atoms with van der Waals surface area (Å²) in [5.74, 6) is -0.898. The highest BCUT2D eigenvalue weighted by Crippen LogP contribution is 2.27. The summed E-state index contributed by atoms with van der Waals surface area (Å²) < 4.78 is 0. The van der Waals surface area contributed by atoms with Gasteiger partial charge in [0.15, 0.2) is 0 Å². The van der Waals surface area contributed by atoms with E-state index in [2.05, 4.69) is 0 Å². The number of hydrogen-bond acceptors (Lipinski definition) is 3. The quantitative estimate of drug-likeness (QED) is 0.844. The Morgan fingerprint density at radius 1 is 1.19 bits per heavy atom. The molecule has 0 atom stereocenters. The van der Waals surface area contributed by atoms with Crippen molar-refractivity contribution in [3.8, 4) is 0 Å². The molecule has 1 saturated heterocycles. The van der Waals surface area contributed by atoms with Crippen LogP contribution in [0.2, 0.25) is 0 Å². The molecule has 0 aromatic heterocycles. The van der Waals surface area contributed by atoms with Crippen LogP contribution in [0.15, 0.2) is 36.4 Å². The van der Waals surface area contributed by atoms with Gasteiger partial charge in [-0.3, -0.25) is 9.59 Å². The van der Waals surface area contributed by atoms with E-state index in [1.54, 1.807) is 17.0 Å². The second-order valence-corrected chi connectivity index (χ2v) is 5.46. The Bertz CT molecular complexity index is 721. The van der Waals surface area contributed by atoms with Crippen LogP contribution in [0.1, 0.15) is 16.8 Å². The van der Waals surface area contributed by atoms with Gasteiger partial charge < -0.3 is 15.7 Å². The van der Waals surface area contributed by atoms with Gasteiger partial charge in [0.1, 0.15) is 0 Å². The minimum Gasteiger partial charge on any atom is -0.481 e. The first kappa shape index (κ1) is 13.4. The number of nitrogen functional groups attached to an aromatic ring is 1. The zero-order chi connectivity index (χ0) is 15.0. The number of anilines is 1. The van der Waals surface area contributed by atoms with E-state index < -0.39 is 5.97 Å². The number of nitrogens with two attached hydrogens (primary N) is 1. The molecule has 5 nitrogen and oxygen atoms in total. The Morgan fingerprint density at radius 3 is 2.43 bits per heavy atom. The van der Waals surface area contributed by atoms with Crippen molar-refractivity contribution in [3.05, 3.63) is 42.0 Å². The summed E-state index contributed by atoms with van der Waals surface area (Å²) in [5.41, 5.74) is 6.93. The predicted octanol–water partition coefficient (Wildman–Crippen LogP) is 1.97. The highest BCUT2D eigenvalue weighted by atomic mass is 16.4. The minimum atomic E-state index is -0.822. The lowest BCUT2D eigenvalue weighted by Crippen LogP contribution is -2.50. The minimum absolute atomic E-state index is 0.0492. The molecule has 0 saturated carbocycles. The van der Waals surface area contributed by atoms with Crippen LogP contribution in [-0.4, -0.2) is 35.0 Å². The Morgan fingerprint density at radius 2 is 1.81 bits per heavy atom. The molecule has 1 amide bonds. The third kappa shape index (κ3) is 2.54. The monoisotopic (exact) mass is 284 g/mol. The number of carboxylic acids is 1. The van der Waals surface area contributed by atoms with E-state index in [0.29, 0.717) is 24.3 Å². The van der Waals surface area contributed by atoms with Crippen LogP contribution in [0.5, 0.6) is 0 Å². The van der Waals surface area contributed by atoms with Gasteiger partial charge in [0.25, 0.3) is 5.91 Å². The first-order chi connectivity index (χ1) is 10.0. The maximum atomic E-state index is 12.4. The Kier molecular flexibility index (Phi) is 3.25. The van der Waals surface area contributed by atoms with Gasteiger partial charge in [0, 0.05) is 24.7 Å². The van der Waals surface area contributed by atoms with E-state index in [9.17, 15) is 9.59 Å². The van der Waals surface area contributed by atoms with Gasteiger partial charge in [0.2, 0.25) is 0 Å².